The number of aryl methyl sites for hydroxylation is 2. The van der Waals surface area contributed by atoms with Gasteiger partial charge in [0.1, 0.15) is 0 Å². The van der Waals surface area contributed by atoms with Crippen molar-refractivity contribution in [2.75, 3.05) is 0 Å². The summed E-state index contributed by atoms with van der Waals surface area (Å²) in [5, 5.41) is 2.61. The number of thiophene rings is 1. The van der Waals surface area contributed by atoms with Gasteiger partial charge in [-0.15, -0.1) is 22.7 Å². The number of aldehydes is 1. The Balaban J connectivity index is 2.56. The lowest BCUT2D eigenvalue weighted by Gasteiger charge is -1.94. The van der Waals surface area contributed by atoms with Crippen molar-refractivity contribution in [2.24, 2.45) is 0 Å². The monoisotopic (exact) mass is 223 g/mol. The second-order valence-electron chi connectivity index (χ2n) is 3.01. The third-order valence-electron chi connectivity index (χ3n) is 1.99. The van der Waals surface area contributed by atoms with E-state index >= 15 is 0 Å². The molecule has 72 valence electrons. The maximum Gasteiger partial charge on any atom is 0.178 e. The number of carbonyl (C=O) groups excluding carboxylic acids is 1. The summed E-state index contributed by atoms with van der Waals surface area (Å²) < 4.78 is 0. The molecule has 2 aromatic rings. The van der Waals surface area contributed by atoms with Gasteiger partial charge in [-0.25, -0.2) is 4.98 Å². The Kier molecular flexibility index (Phi) is 2.48. The van der Waals surface area contributed by atoms with Crippen molar-refractivity contribution in [3.05, 3.63) is 26.9 Å². The van der Waals surface area contributed by atoms with Gasteiger partial charge in [0.2, 0.25) is 0 Å². The summed E-state index contributed by atoms with van der Waals surface area (Å²) in [6, 6.07) is 2.07. The van der Waals surface area contributed by atoms with Crippen molar-refractivity contribution < 1.29 is 4.79 Å². The molecule has 0 amide bonds. The molecular weight excluding hydrogens is 214 g/mol. The lowest BCUT2D eigenvalue weighted by Crippen LogP contribution is -1.80. The summed E-state index contributed by atoms with van der Waals surface area (Å²) in [4.78, 5) is 17.2. The lowest BCUT2D eigenvalue weighted by atomic mass is 10.2. The zero-order valence-corrected chi connectivity index (χ0v) is 9.54. The standard InChI is InChI=1S/C10H9NOS2/c1-6-3-4-13-10(6)9-7(2)14-8(5-12)11-9/h3-5H,1-2H3. The molecule has 0 unspecified atom stereocenters. The summed E-state index contributed by atoms with van der Waals surface area (Å²) in [7, 11) is 0. The van der Waals surface area contributed by atoms with Crippen LogP contribution in [0.1, 0.15) is 20.2 Å². The van der Waals surface area contributed by atoms with Crippen molar-refractivity contribution in [2.45, 2.75) is 13.8 Å². The molecule has 0 saturated heterocycles. The fraction of sp³-hybridized carbons (Fsp3) is 0.200. The quantitative estimate of drug-likeness (QED) is 0.731. The first-order valence-electron chi connectivity index (χ1n) is 4.19. The van der Waals surface area contributed by atoms with Crippen LogP contribution in [0.15, 0.2) is 11.4 Å². The minimum Gasteiger partial charge on any atom is -0.295 e. The average Bonchev–Trinajstić information content (AvgIpc) is 2.72. The normalized spacial score (nSPS) is 10.4. The Morgan fingerprint density at radius 3 is 2.71 bits per heavy atom. The van der Waals surface area contributed by atoms with Gasteiger partial charge < -0.3 is 0 Å². The van der Waals surface area contributed by atoms with Gasteiger partial charge in [0.05, 0.1) is 10.6 Å². The van der Waals surface area contributed by atoms with Crippen LogP contribution < -0.4 is 0 Å². The molecule has 14 heavy (non-hydrogen) atoms. The van der Waals surface area contributed by atoms with Gasteiger partial charge >= 0.3 is 0 Å². The molecule has 0 aliphatic heterocycles. The molecule has 2 heterocycles. The van der Waals surface area contributed by atoms with E-state index in [1.54, 1.807) is 11.3 Å². The molecule has 0 N–H and O–H groups in total. The molecule has 4 heteroatoms. The first-order valence-corrected chi connectivity index (χ1v) is 5.89. The Morgan fingerprint density at radius 1 is 1.43 bits per heavy atom. The van der Waals surface area contributed by atoms with Crippen molar-refractivity contribution in [3.63, 3.8) is 0 Å². The van der Waals surface area contributed by atoms with Gasteiger partial charge in [0.25, 0.3) is 0 Å². The Labute approximate surface area is 90.2 Å². The summed E-state index contributed by atoms with van der Waals surface area (Å²) in [5.41, 5.74) is 2.19. The Morgan fingerprint density at radius 2 is 2.21 bits per heavy atom. The van der Waals surface area contributed by atoms with Crippen molar-refractivity contribution >= 4 is 29.0 Å². The summed E-state index contributed by atoms with van der Waals surface area (Å²) in [6.07, 6.45) is 0.810. The molecule has 0 bridgehead atoms. The van der Waals surface area contributed by atoms with E-state index in [0.29, 0.717) is 5.01 Å². The summed E-state index contributed by atoms with van der Waals surface area (Å²) in [5.74, 6) is 0. The highest BCUT2D eigenvalue weighted by Gasteiger charge is 2.12. The van der Waals surface area contributed by atoms with Gasteiger partial charge in [-0.2, -0.15) is 0 Å². The number of hydrogen-bond donors (Lipinski definition) is 0. The van der Waals surface area contributed by atoms with E-state index < -0.39 is 0 Å². The second kappa shape index (κ2) is 3.63. The highest BCUT2D eigenvalue weighted by Crippen LogP contribution is 2.32. The van der Waals surface area contributed by atoms with E-state index in [2.05, 4.69) is 18.0 Å². The van der Waals surface area contributed by atoms with Gasteiger partial charge in [0, 0.05) is 4.88 Å². The van der Waals surface area contributed by atoms with Gasteiger partial charge in [-0.1, -0.05) is 0 Å². The smallest absolute Gasteiger partial charge is 0.178 e. The van der Waals surface area contributed by atoms with E-state index in [1.807, 2.05) is 12.3 Å². The fourth-order valence-electron chi connectivity index (χ4n) is 1.29. The third kappa shape index (κ3) is 1.51. The molecule has 2 rings (SSSR count). The van der Waals surface area contributed by atoms with Gasteiger partial charge in [-0.3, -0.25) is 4.79 Å². The molecule has 0 fully saturated rings. The topological polar surface area (TPSA) is 30.0 Å². The number of carbonyl (C=O) groups is 1. The van der Waals surface area contributed by atoms with E-state index in [0.717, 1.165) is 16.9 Å². The number of rotatable bonds is 2. The van der Waals surface area contributed by atoms with Crippen LogP contribution in [0.2, 0.25) is 0 Å². The molecule has 0 aliphatic rings. The van der Waals surface area contributed by atoms with Crippen molar-refractivity contribution in [1.29, 1.82) is 0 Å². The molecule has 2 nitrogen and oxygen atoms in total. The number of hydrogen-bond acceptors (Lipinski definition) is 4. The zero-order valence-electron chi connectivity index (χ0n) is 7.90. The SMILES string of the molecule is Cc1ccsc1-c1nc(C=O)sc1C. The molecule has 0 spiro atoms. The molecule has 0 saturated carbocycles. The van der Waals surface area contributed by atoms with Crippen molar-refractivity contribution in [1.82, 2.24) is 4.98 Å². The maximum atomic E-state index is 10.6. The lowest BCUT2D eigenvalue weighted by molar-refractivity contribution is 0.112. The molecule has 0 aromatic carbocycles. The highest BCUT2D eigenvalue weighted by molar-refractivity contribution is 7.16. The first kappa shape index (κ1) is 9.55. The Hall–Kier alpha value is -1.00. The van der Waals surface area contributed by atoms with Crippen LogP contribution in [0, 0.1) is 13.8 Å². The molecule has 0 aliphatic carbocycles. The number of thiazole rings is 1. The van der Waals surface area contributed by atoms with Crippen LogP contribution in [0.4, 0.5) is 0 Å². The third-order valence-corrected chi connectivity index (χ3v) is 3.91. The summed E-state index contributed by atoms with van der Waals surface area (Å²) in [6.45, 7) is 4.06. The largest absolute Gasteiger partial charge is 0.295 e. The minimum absolute atomic E-state index is 0.560. The maximum absolute atomic E-state index is 10.6. The van der Waals surface area contributed by atoms with E-state index in [1.165, 1.54) is 21.8 Å². The van der Waals surface area contributed by atoms with Gasteiger partial charge in [0.15, 0.2) is 11.3 Å². The molecular formula is C10H9NOS2. The van der Waals surface area contributed by atoms with Crippen molar-refractivity contribution in [3.8, 4) is 10.6 Å². The van der Waals surface area contributed by atoms with E-state index in [4.69, 9.17) is 0 Å². The predicted octanol–water partition coefficient (Wildman–Crippen LogP) is 3.30. The second-order valence-corrected chi connectivity index (χ2v) is 5.16. The molecule has 2 aromatic heterocycles. The minimum atomic E-state index is 0.560. The van der Waals surface area contributed by atoms with Crippen LogP contribution in [-0.4, -0.2) is 11.3 Å². The van der Waals surface area contributed by atoms with Gasteiger partial charge in [-0.05, 0) is 30.9 Å². The van der Waals surface area contributed by atoms with Crippen LogP contribution >= 0.6 is 22.7 Å². The van der Waals surface area contributed by atoms with E-state index in [9.17, 15) is 4.79 Å². The zero-order chi connectivity index (χ0) is 10.1. The molecule has 0 radical (unpaired) electrons. The Bertz CT molecular complexity index is 470. The fourth-order valence-corrected chi connectivity index (χ4v) is 3.07. The van der Waals surface area contributed by atoms with Crippen LogP contribution in [0.5, 0.6) is 0 Å². The number of aromatic nitrogens is 1. The average molecular weight is 223 g/mol. The van der Waals surface area contributed by atoms with Crippen LogP contribution in [-0.2, 0) is 0 Å². The first-order chi connectivity index (χ1) is 6.72. The summed E-state index contributed by atoms with van der Waals surface area (Å²) >= 11 is 3.12. The highest BCUT2D eigenvalue weighted by atomic mass is 32.1. The predicted molar refractivity (Wildman–Crippen MR) is 60.3 cm³/mol. The van der Waals surface area contributed by atoms with Crippen LogP contribution in [0.25, 0.3) is 10.6 Å². The molecule has 0 atom stereocenters. The van der Waals surface area contributed by atoms with Crippen LogP contribution in [0.3, 0.4) is 0 Å². The number of nitrogens with zero attached hydrogens (tertiary/aromatic N) is 1. The van der Waals surface area contributed by atoms with E-state index in [-0.39, 0.29) is 0 Å².